The molecule has 0 aliphatic carbocycles. The van der Waals surface area contributed by atoms with Gasteiger partial charge in [-0.15, -0.1) is 0 Å². The maximum absolute atomic E-state index is 13.2. The number of benzene rings is 1. The molecule has 1 aromatic heterocycles. The highest BCUT2D eigenvalue weighted by Crippen LogP contribution is 2.32. The number of nitrogens with zero attached hydrogens (tertiary/aromatic N) is 1. The standard InChI is InChI=1S/C11H8BrClFNOS2/c1-15(10-9(13)11(16)18-17-10)5-6-4-7(14)2-3-8(6)12/h2-4H,5H2,1H3. The molecule has 0 bridgehead atoms. The molecule has 96 valence electrons. The Morgan fingerprint density at radius 1 is 1.44 bits per heavy atom. The third kappa shape index (κ3) is 2.93. The van der Waals surface area contributed by atoms with Gasteiger partial charge in [0.25, 0.3) is 4.74 Å². The van der Waals surface area contributed by atoms with Gasteiger partial charge in [-0.05, 0) is 34.1 Å². The summed E-state index contributed by atoms with van der Waals surface area (Å²) in [6.07, 6.45) is 0. The van der Waals surface area contributed by atoms with Crippen molar-refractivity contribution in [1.82, 2.24) is 0 Å². The zero-order chi connectivity index (χ0) is 13.3. The molecule has 0 N–H and O–H groups in total. The monoisotopic (exact) mass is 367 g/mol. The van der Waals surface area contributed by atoms with Gasteiger partial charge in [-0.1, -0.05) is 37.9 Å². The van der Waals surface area contributed by atoms with E-state index in [1.54, 1.807) is 6.07 Å². The van der Waals surface area contributed by atoms with Crippen molar-refractivity contribution >= 4 is 53.2 Å². The lowest BCUT2D eigenvalue weighted by Crippen LogP contribution is -2.16. The van der Waals surface area contributed by atoms with Crippen molar-refractivity contribution in [3.63, 3.8) is 0 Å². The van der Waals surface area contributed by atoms with Crippen molar-refractivity contribution in [3.8, 4) is 0 Å². The summed E-state index contributed by atoms with van der Waals surface area (Å²) < 4.78 is 13.9. The maximum Gasteiger partial charge on any atom is 0.263 e. The Kier molecular flexibility index (Phi) is 4.42. The molecule has 0 unspecified atom stereocenters. The van der Waals surface area contributed by atoms with Crippen LogP contribution in [0.5, 0.6) is 0 Å². The van der Waals surface area contributed by atoms with E-state index >= 15 is 0 Å². The minimum atomic E-state index is -0.286. The molecule has 0 amide bonds. The lowest BCUT2D eigenvalue weighted by molar-refractivity contribution is 0.624. The summed E-state index contributed by atoms with van der Waals surface area (Å²) in [5, 5.41) is 0.947. The minimum absolute atomic E-state index is 0.137. The molecular weight excluding hydrogens is 361 g/mol. The highest BCUT2D eigenvalue weighted by Gasteiger charge is 2.14. The molecule has 0 aliphatic rings. The fourth-order valence-electron chi connectivity index (χ4n) is 1.46. The molecule has 0 saturated heterocycles. The van der Waals surface area contributed by atoms with E-state index in [0.717, 1.165) is 20.4 Å². The van der Waals surface area contributed by atoms with Gasteiger partial charge < -0.3 is 4.90 Å². The van der Waals surface area contributed by atoms with Crippen LogP contribution in [0, 0.1) is 5.82 Å². The molecule has 0 atom stereocenters. The van der Waals surface area contributed by atoms with Crippen LogP contribution in [-0.4, -0.2) is 7.05 Å². The van der Waals surface area contributed by atoms with Crippen LogP contribution in [0.2, 0.25) is 5.02 Å². The predicted octanol–water partition coefficient (Wildman–Crippen LogP) is 4.36. The number of halogens is 3. The Hall–Kier alpha value is -0.430. The molecule has 7 heteroatoms. The Morgan fingerprint density at radius 2 is 2.17 bits per heavy atom. The average molecular weight is 369 g/mol. The van der Waals surface area contributed by atoms with Gasteiger partial charge in [0.15, 0.2) is 0 Å². The SMILES string of the molecule is CN(Cc1cc(F)ccc1Br)c1ssc(=O)c1Cl. The average Bonchev–Trinajstić information content (AvgIpc) is 2.65. The van der Waals surface area contributed by atoms with Crippen LogP contribution in [0.25, 0.3) is 0 Å². The molecular formula is C11H8BrClFNOS2. The van der Waals surface area contributed by atoms with Crippen LogP contribution in [0.4, 0.5) is 9.39 Å². The summed E-state index contributed by atoms with van der Waals surface area (Å²) in [7, 11) is 4.25. The van der Waals surface area contributed by atoms with Crippen molar-refractivity contribution in [2.45, 2.75) is 6.54 Å². The van der Waals surface area contributed by atoms with Crippen LogP contribution in [-0.2, 0) is 6.54 Å². The molecule has 0 radical (unpaired) electrons. The van der Waals surface area contributed by atoms with Gasteiger partial charge >= 0.3 is 0 Å². The first kappa shape index (κ1) is 14.0. The number of hydrogen-bond acceptors (Lipinski definition) is 4. The fraction of sp³-hybridized carbons (Fsp3) is 0.182. The van der Waals surface area contributed by atoms with Crippen LogP contribution in [0.3, 0.4) is 0 Å². The van der Waals surface area contributed by atoms with Gasteiger partial charge in [0.1, 0.15) is 15.8 Å². The Balaban J connectivity index is 2.26. The van der Waals surface area contributed by atoms with Crippen molar-refractivity contribution < 1.29 is 4.39 Å². The molecule has 0 spiro atoms. The molecule has 1 aromatic carbocycles. The predicted molar refractivity (Wildman–Crippen MR) is 79.7 cm³/mol. The summed E-state index contributed by atoms with van der Waals surface area (Å²) in [5.41, 5.74) is 0.805. The summed E-state index contributed by atoms with van der Waals surface area (Å²) in [6, 6.07) is 4.52. The first-order valence-corrected chi connectivity index (χ1v) is 8.25. The van der Waals surface area contributed by atoms with Gasteiger partial charge in [0.05, 0.1) is 0 Å². The first-order chi connectivity index (χ1) is 8.49. The quantitative estimate of drug-likeness (QED) is 0.750. The second kappa shape index (κ2) is 5.69. The van der Waals surface area contributed by atoms with E-state index in [4.69, 9.17) is 11.6 Å². The Bertz CT molecular complexity index is 628. The van der Waals surface area contributed by atoms with Crippen molar-refractivity contribution in [2.75, 3.05) is 11.9 Å². The second-order valence-corrected chi connectivity index (χ2v) is 6.99. The van der Waals surface area contributed by atoms with Crippen LogP contribution >= 0.6 is 48.2 Å². The van der Waals surface area contributed by atoms with E-state index < -0.39 is 0 Å². The molecule has 0 fully saturated rings. The van der Waals surface area contributed by atoms with Crippen molar-refractivity contribution in [2.24, 2.45) is 0 Å². The zero-order valence-corrected chi connectivity index (χ0v) is 13.2. The molecule has 1 heterocycles. The maximum atomic E-state index is 13.2. The van der Waals surface area contributed by atoms with Crippen LogP contribution in [0.15, 0.2) is 27.5 Å². The molecule has 2 rings (SSSR count). The van der Waals surface area contributed by atoms with Gasteiger partial charge in [-0.2, -0.15) is 0 Å². The topological polar surface area (TPSA) is 20.3 Å². The third-order valence-electron chi connectivity index (χ3n) is 2.33. The number of hydrogen-bond donors (Lipinski definition) is 0. The third-order valence-corrected chi connectivity index (χ3v) is 5.96. The summed E-state index contributed by atoms with van der Waals surface area (Å²) in [4.78, 5) is 13.2. The normalized spacial score (nSPS) is 10.7. The molecule has 0 aliphatic heterocycles. The molecule has 18 heavy (non-hydrogen) atoms. The zero-order valence-electron chi connectivity index (χ0n) is 9.25. The van der Waals surface area contributed by atoms with Crippen molar-refractivity contribution in [3.05, 3.63) is 48.6 Å². The Morgan fingerprint density at radius 3 is 2.78 bits per heavy atom. The van der Waals surface area contributed by atoms with Crippen molar-refractivity contribution in [1.29, 1.82) is 0 Å². The highest BCUT2D eigenvalue weighted by molar-refractivity contribution is 9.10. The minimum Gasteiger partial charge on any atom is -0.360 e. The van der Waals surface area contributed by atoms with E-state index in [0.29, 0.717) is 11.5 Å². The Labute approximate surface area is 124 Å². The summed E-state index contributed by atoms with van der Waals surface area (Å²) in [5.74, 6) is -0.286. The number of anilines is 1. The first-order valence-electron chi connectivity index (χ1n) is 4.92. The van der Waals surface area contributed by atoms with Crippen LogP contribution < -0.4 is 9.64 Å². The highest BCUT2D eigenvalue weighted by atomic mass is 79.9. The van der Waals surface area contributed by atoms with E-state index in [2.05, 4.69) is 15.9 Å². The van der Waals surface area contributed by atoms with Crippen LogP contribution in [0.1, 0.15) is 5.56 Å². The van der Waals surface area contributed by atoms with Gasteiger partial charge in [0, 0.05) is 18.1 Å². The number of rotatable bonds is 3. The smallest absolute Gasteiger partial charge is 0.263 e. The van der Waals surface area contributed by atoms with Gasteiger partial charge in [0.2, 0.25) is 0 Å². The fourth-order valence-corrected chi connectivity index (χ4v) is 4.58. The second-order valence-electron chi connectivity index (χ2n) is 3.67. The van der Waals surface area contributed by atoms with Gasteiger partial charge in [-0.25, -0.2) is 4.39 Å². The lowest BCUT2D eigenvalue weighted by atomic mass is 10.2. The van der Waals surface area contributed by atoms with Gasteiger partial charge in [-0.3, -0.25) is 4.79 Å². The lowest BCUT2D eigenvalue weighted by Gasteiger charge is -2.18. The van der Waals surface area contributed by atoms with E-state index in [1.807, 2.05) is 11.9 Å². The van der Waals surface area contributed by atoms with E-state index in [1.165, 1.54) is 22.5 Å². The molecule has 2 aromatic rings. The summed E-state index contributed by atoms with van der Waals surface area (Å²) in [6.45, 7) is 0.477. The molecule has 2 nitrogen and oxygen atoms in total. The largest absolute Gasteiger partial charge is 0.360 e. The molecule has 0 saturated carbocycles. The van der Waals surface area contributed by atoms with E-state index in [9.17, 15) is 9.18 Å². The summed E-state index contributed by atoms with van der Waals surface area (Å²) >= 11 is 9.29. The van der Waals surface area contributed by atoms with E-state index in [-0.39, 0.29) is 15.6 Å².